The van der Waals surface area contributed by atoms with Gasteiger partial charge in [0.15, 0.2) is 11.5 Å². The van der Waals surface area contributed by atoms with E-state index >= 15 is 0 Å². The van der Waals surface area contributed by atoms with E-state index in [0.717, 1.165) is 21.5 Å². The van der Waals surface area contributed by atoms with Gasteiger partial charge in [0.25, 0.3) is 0 Å². The molecule has 0 unspecified atom stereocenters. The lowest BCUT2D eigenvalue weighted by molar-refractivity contribution is -0.118. The van der Waals surface area contributed by atoms with Gasteiger partial charge >= 0.3 is 0 Å². The maximum atomic E-state index is 10.8. The van der Waals surface area contributed by atoms with Crippen LogP contribution in [0.15, 0.2) is 16.6 Å². The number of benzene rings is 1. The molecule has 0 spiro atoms. The minimum Gasteiger partial charge on any atom is -0.486 e. The van der Waals surface area contributed by atoms with Crippen LogP contribution in [0, 0.1) is 0 Å². The molecule has 0 saturated heterocycles. The third-order valence-corrected chi connectivity index (χ3v) is 3.32. The number of hydrogen-bond acceptors (Lipinski definition) is 4. The van der Waals surface area contributed by atoms with Gasteiger partial charge in [-0.1, -0.05) is 15.9 Å². The molecule has 2 N–H and O–H groups in total. The van der Waals surface area contributed by atoms with E-state index in [9.17, 15) is 4.79 Å². The first kappa shape index (κ1) is 13.2. The number of amides is 1. The molecule has 2 rings (SSSR count). The second kappa shape index (κ2) is 5.58. The van der Waals surface area contributed by atoms with E-state index in [0.29, 0.717) is 19.8 Å². The Bertz CT molecular complexity index is 465. The van der Waals surface area contributed by atoms with Crippen LogP contribution in [0.2, 0.25) is 0 Å². The first-order valence-electron chi connectivity index (χ1n) is 5.61. The average Bonchev–Trinajstić information content (AvgIpc) is 2.29. The van der Waals surface area contributed by atoms with Gasteiger partial charge in [0.05, 0.1) is 6.54 Å². The van der Waals surface area contributed by atoms with Crippen LogP contribution in [-0.4, -0.2) is 37.6 Å². The van der Waals surface area contributed by atoms with Gasteiger partial charge in [-0.2, -0.15) is 0 Å². The molecular weight excluding hydrogens is 300 g/mol. The number of hydrogen-bond donors (Lipinski definition) is 1. The Morgan fingerprint density at radius 1 is 1.39 bits per heavy atom. The SMILES string of the molecule is CN(CC(N)=O)Cc1cc2c(cc1Br)OCCO2. The summed E-state index contributed by atoms with van der Waals surface area (Å²) in [5.41, 5.74) is 6.19. The topological polar surface area (TPSA) is 64.8 Å². The minimum absolute atomic E-state index is 0.223. The molecule has 1 aliphatic heterocycles. The molecule has 0 atom stereocenters. The molecular formula is C12H15BrN2O3. The Labute approximate surface area is 114 Å². The number of carbonyl (C=O) groups is 1. The number of carbonyl (C=O) groups excluding carboxylic acids is 1. The fourth-order valence-electron chi connectivity index (χ4n) is 1.84. The molecule has 5 nitrogen and oxygen atoms in total. The first-order chi connectivity index (χ1) is 8.56. The summed E-state index contributed by atoms with van der Waals surface area (Å²) >= 11 is 3.49. The largest absolute Gasteiger partial charge is 0.486 e. The summed E-state index contributed by atoms with van der Waals surface area (Å²) in [5, 5.41) is 0. The van der Waals surface area contributed by atoms with Crippen molar-refractivity contribution in [2.45, 2.75) is 6.54 Å². The predicted molar refractivity (Wildman–Crippen MR) is 70.7 cm³/mol. The smallest absolute Gasteiger partial charge is 0.231 e. The van der Waals surface area contributed by atoms with Crippen LogP contribution in [-0.2, 0) is 11.3 Å². The Morgan fingerprint density at radius 3 is 2.61 bits per heavy atom. The van der Waals surface area contributed by atoms with Crippen molar-refractivity contribution in [2.75, 3.05) is 26.8 Å². The van der Waals surface area contributed by atoms with Gasteiger partial charge in [0.1, 0.15) is 13.2 Å². The molecule has 98 valence electrons. The Kier molecular flexibility index (Phi) is 4.08. The fourth-order valence-corrected chi connectivity index (χ4v) is 2.29. The monoisotopic (exact) mass is 314 g/mol. The number of primary amides is 1. The van der Waals surface area contributed by atoms with E-state index < -0.39 is 0 Å². The molecule has 0 bridgehead atoms. The van der Waals surface area contributed by atoms with Crippen molar-refractivity contribution in [2.24, 2.45) is 5.73 Å². The van der Waals surface area contributed by atoms with E-state index in [2.05, 4.69) is 15.9 Å². The molecule has 0 aromatic heterocycles. The Hall–Kier alpha value is -1.27. The van der Waals surface area contributed by atoms with Crippen molar-refractivity contribution < 1.29 is 14.3 Å². The maximum Gasteiger partial charge on any atom is 0.231 e. The fraction of sp³-hybridized carbons (Fsp3) is 0.417. The van der Waals surface area contributed by atoms with Crippen LogP contribution < -0.4 is 15.2 Å². The normalized spacial score (nSPS) is 13.7. The number of likely N-dealkylation sites (N-methyl/N-ethyl adjacent to an activating group) is 1. The van der Waals surface area contributed by atoms with Crippen LogP contribution in [0.5, 0.6) is 11.5 Å². The number of rotatable bonds is 4. The molecule has 1 amide bonds. The van der Waals surface area contributed by atoms with Crippen LogP contribution in [0.25, 0.3) is 0 Å². The highest BCUT2D eigenvalue weighted by Gasteiger charge is 2.16. The molecule has 6 heteroatoms. The van der Waals surface area contributed by atoms with Crippen molar-refractivity contribution in [1.82, 2.24) is 4.90 Å². The first-order valence-corrected chi connectivity index (χ1v) is 6.40. The highest BCUT2D eigenvalue weighted by atomic mass is 79.9. The summed E-state index contributed by atoms with van der Waals surface area (Å²) in [5.74, 6) is 1.15. The second-order valence-corrected chi connectivity index (χ2v) is 5.08. The molecule has 1 aliphatic rings. The van der Waals surface area contributed by atoms with E-state index in [1.54, 1.807) is 0 Å². The Morgan fingerprint density at radius 2 is 2.00 bits per heavy atom. The number of ether oxygens (including phenoxy) is 2. The van der Waals surface area contributed by atoms with Gasteiger partial charge in [-0.15, -0.1) is 0 Å². The van der Waals surface area contributed by atoms with Gasteiger partial charge in [-0.25, -0.2) is 0 Å². The number of halogens is 1. The van der Waals surface area contributed by atoms with Crippen LogP contribution in [0.3, 0.4) is 0 Å². The van der Waals surface area contributed by atoms with Crippen LogP contribution >= 0.6 is 15.9 Å². The van der Waals surface area contributed by atoms with Crippen molar-refractivity contribution in [3.63, 3.8) is 0 Å². The van der Waals surface area contributed by atoms with Crippen molar-refractivity contribution >= 4 is 21.8 Å². The third kappa shape index (κ3) is 3.14. The molecule has 1 aromatic carbocycles. The van der Waals surface area contributed by atoms with Crippen molar-refractivity contribution in [3.05, 3.63) is 22.2 Å². The minimum atomic E-state index is -0.342. The van der Waals surface area contributed by atoms with Gasteiger partial charge in [-0.05, 0) is 24.7 Å². The zero-order valence-corrected chi connectivity index (χ0v) is 11.7. The lowest BCUT2D eigenvalue weighted by Crippen LogP contribution is -2.30. The summed E-state index contributed by atoms with van der Waals surface area (Å²) in [6.07, 6.45) is 0. The zero-order chi connectivity index (χ0) is 13.1. The quantitative estimate of drug-likeness (QED) is 0.905. The molecule has 0 fully saturated rings. The summed E-state index contributed by atoms with van der Waals surface area (Å²) in [6, 6.07) is 3.82. The lowest BCUT2D eigenvalue weighted by atomic mass is 10.2. The average molecular weight is 315 g/mol. The summed E-state index contributed by atoms with van der Waals surface area (Å²) in [6.45, 7) is 1.96. The second-order valence-electron chi connectivity index (χ2n) is 4.23. The van der Waals surface area contributed by atoms with E-state index in [1.165, 1.54) is 0 Å². The Balaban J connectivity index is 2.15. The summed E-state index contributed by atoms with van der Waals surface area (Å²) in [7, 11) is 1.84. The van der Waals surface area contributed by atoms with Gasteiger partial charge in [0, 0.05) is 11.0 Å². The number of nitrogens with zero attached hydrogens (tertiary/aromatic N) is 1. The molecule has 0 aliphatic carbocycles. The van der Waals surface area contributed by atoms with E-state index in [1.807, 2.05) is 24.1 Å². The number of nitrogens with two attached hydrogens (primary N) is 1. The summed E-state index contributed by atoms with van der Waals surface area (Å²) < 4.78 is 11.9. The molecule has 18 heavy (non-hydrogen) atoms. The molecule has 0 saturated carbocycles. The van der Waals surface area contributed by atoms with E-state index in [-0.39, 0.29) is 12.5 Å². The maximum absolute atomic E-state index is 10.8. The third-order valence-electron chi connectivity index (χ3n) is 2.58. The summed E-state index contributed by atoms with van der Waals surface area (Å²) in [4.78, 5) is 12.7. The molecule has 1 aromatic rings. The lowest BCUT2D eigenvalue weighted by Gasteiger charge is -2.21. The van der Waals surface area contributed by atoms with Gasteiger partial charge in [-0.3, -0.25) is 9.69 Å². The van der Waals surface area contributed by atoms with Gasteiger partial charge < -0.3 is 15.2 Å². The van der Waals surface area contributed by atoms with E-state index in [4.69, 9.17) is 15.2 Å². The van der Waals surface area contributed by atoms with Crippen molar-refractivity contribution in [1.29, 1.82) is 0 Å². The van der Waals surface area contributed by atoms with Gasteiger partial charge in [0.2, 0.25) is 5.91 Å². The van der Waals surface area contributed by atoms with Crippen LogP contribution in [0.1, 0.15) is 5.56 Å². The van der Waals surface area contributed by atoms with Crippen LogP contribution in [0.4, 0.5) is 0 Å². The van der Waals surface area contributed by atoms with Crippen molar-refractivity contribution in [3.8, 4) is 11.5 Å². The molecule has 0 radical (unpaired) electrons. The zero-order valence-electron chi connectivity index (χ0n) is 10.1. The standard InChI is InChI=1S/C12H15BrN2O3/c1-15(7-12(14)16)6-8-4-10-11(5-9(8)13)18-3-2-17-10/h4-5H,2-3,6-7H2,1H3,(H2,14,16). The molecule has 1 heterocycles. The highest BCUT2D eigenvalue weighted by Crippen LogP contribution is 2.35. The predicted octanol–water partition coefficient (Wildman–Crippen LogP) is 1.14. The number of fused-ring (bicyclic) bond motifs is 1. The highest BCUT2D eigenvalue weighted by molar-refractivity contribution is 9.10.